The van der Waals surface area contributed by atoms with Gasteiger partial charge in [-0.2, -0.15) is 14.7 Å². The summed E-state index contributed by atoms with van der Waals surface area (Å²) in [4.78, 5) is 20.7. The molecule has 1 aromatic carbocycles. The third-order valence-corrected chi connectivity index (χ3v) is 5.00. The van der Waals surface area contributed by atoms with Gasteiger partial charge in [0.25, 0.3) is 5.56 Å². The van der Waals surface area contributed by atoms with Gasteiger partial charge in [0.1, 0.15) is 5.65 Å². The van der Waals surface area contributed by atoms with Crippen LogP contribution in [-0.2, 0) is 13.5 Å². The van der Waals surface area contributed by atoms with Crippen molar-refractivity contribution in [2.24, 2.45) is 7.05 Å². The second-order valence-corrected chi connectivity index (χ2v) is 6.71. The highest BCUT2D eigenvalue weighted by molar-refractivity contribution is 5.85. The molecule has 0 saturated carbocycles. The van der Waals surface area contributed by atoms with Crippen LogP contribution in [0.5, 0.6) is 0 Å². The molecule has 0 aliphatic rings. The normalized spacial score (nSPS) is 11.5. The van der Waals surface area contributed by atoms with E-state index < -0.39 is 0 Å². The predicted octanol–water partition coefficient (Wildman–Crippen LogP) is 3.20. The van der Waals surface area contributed by atoms with Gasteiger partial charge in [0, 0.05) is 24.7 Å². The predicted molar refractivity (Wildman–Crippen MR) is 108 cm³/mol. The molecule has 0 radical (unpaired) electrons. The van der Waals surface area contributed by atoms with Crippen LogP contribution in [0.1, 0.15) is 12.6 Å². The van der Waals surface area contributed by atoms with Gasteiger partial charge >= 0.3 is 0 Å². The Kier molecular flexibility index (Phi) is 3.61. The van der Waals surface area contributed by atoms with Crippen LogP contribution < -0.4 is 5.56 Å². The van der Waals surface area contributed by atoms with Crippen molar-refractivity contribution in [3.63, 3.8) is 0 Å². The molecule has 1 N–H and O–H groups in total. The summed E-state index contributed by atoms with van der Waals surface area (Å²) in [7, 11) is 1.91. The zero-order chi connectivity index (χ0) is 19.3. The first-order valence-electron chi connectivity index (χ1n) is 9.14. The van der Waals surface area contributed by atoms with E-state index in [9.17, 15) is 4.79 Å². The fourth-order valence-corrected chi connectivity index (χ4v) is 3.60. The molecule has 0 atom stereocenters. The maximum Gasteiger partial charge on any atom is 0.274 e. The number of aromatic nitrogens is 6. The number of hydrogen-bond acceptors (Lipinski definition) is 4. The van der Waals surface area contributed by atoms with Crippen LogP contribution in [0.2, 0.25) is 0 Å². The number of fused-ring (bicyclic) bond motifs is 2. The van der Waals surface area contributed by atoms with E-state index in [1.54, 1.807) is 12.3 Å². The van der Waals surface area contributed by atoms with Crippen LogP contribution in [0.3, 0.4) is 0 Å². The van der Waals surface area contributed by atoms with E-state index in [2.05, 4.69) is 20.2 Å². The third kappa shape index (κ3) is 2.44. The van der Waals surface area contributed by atoms with Gasteiger partial charge in [0.15, 0.2) is 0 Å². The van der Waals surface area contributed by atoms with Gasteiger partial charge in [-0.3, -0.25) is 14.5 Å². The minimum Gasteiger partial charge on any atom is -0.339 e. The molecule has 5 aromatic rings. The van der Waals surface area contributed by atoms with Crippen molar-refractivity contribution in [1.82, 2.24) is 29.4 Å². The monoisotopic (exact) mass is 370 g/mol. The fraction of sp³-hybridized carbons (Fsp3) is 0.143. The molecule has 5 rings (SSSR count). The van der Waals surface area contributed by atoms with Crippen molar-refractivity contribution in [2.45, 2.75) is 13.3 Å². The van der Waals surface area contributed by atoms with Crippen molar-refractivity contribution in [1.29, 1.82) is 0 Å². The van der Waals surface area contributed by atoms with Crippen LogP contribution in [-0.4, -0.2) is 29.4 Å². The van der Waals surface area contributed by atoms with Crippen molar-refractivity contribution in [3.8, 4) is 22.5 Å². The average Bonchev–Trinajstić information content (AvgIpc) is 3.29. The first-order valence-corrected chi connectivity index (χ1v) is 9.14. The Balaban J connectivity index is 1.78. The zero-order valence-corrected chi connectivity index (χ0v) is 15.5. The number of aromatic amines is 1. The van der Waals surface area contributed by atoms with Crippen molar-refractivity contribution >= 4 is 16.6 Å². The molecule has 7 nitrogen and oxygen atoms in total. The van der Waals surface area contributed by atoms with E-state index in [-0.39, 0.29) is 5.56 Å². The lowest BCUT2D eigenvalue weighted by atomic mass is 10.1. The van der Waals surface area contributed by atoms with E-state index in [0.29, 0.717) is 12.1 Å². The summed E-state index contributed by atoms with van der Waals surface area (Å²) in [6, 6.07) is 13.3. The highest BCUT2D eigenvalue weighted by Gasteiger charge is 2.18. The summed E-state index contributed by atoms with van der Waals surface area (Å²) in [5.74, 6) is 0. The van der Waals surface area contributed by atoms with Crippen LogP contribution in [0.15, 0.2) is 59.7 Å². The summed E-state index contributed by atoms with van der Waals surface area (Å²) in [5, 5.41) is 9.82. The minimum atomic E-state index is -0.174. The lowest BCUT2D eigenvalue weighted by molar-refractivity contribution is 0.797. The summed E-state index contributed by atoms with van der Waals surface area (Å²) in [5.41, 5.74) is 5.69. The molecular weight excluding hydrogens is 352 g/mol. The van der Waals surface area contributed by atoms with E-state index in [0.717, 1.165) is 39.1 Å². The van der Waals surface area contributed by atoms with Gasteiger partial charge in [0.05, 0.1) is 34.4 Å². The van der Waals surface area contributed by atoms with Gasteiger partial charge in [-0.25, -0.2) is 0 Å². The molecule has 4 aromatic heterocycles. The molecule has 0 fully saturated rings. The Hall–Kier alpha value is -3.74. The van der Waals surface area contributed by atoms with Crippen molar-refractivity contribution in [2.75, 3.05) is 0 Å². The lowest BCUT2D eigenvalue weighted by Gasteiger charge is -2.05. The highest BCUT2D eigenvalue weighted by Crippen LogP contribution is 2.28. The summed E-state index contributed by atoms with van der Waals surface area (Å²) >= 11 is 0. The van der Waals surface area contributed by atoms with Gasteiger partial charge in [-0.05, 0) is 36.2 Å². The Morgan fingerprint density at radius 1 is 1.14 bits per heavy atom. The van der Waals surface area contributed by atoms with Crippen LogP contribution in [0.4, 0.5) is 0 Å². The second-order valence-electron chi connectivity index (χ2n) is 6.71. The van der Waals surface area contributed by atoms with E-state index in [1.807, 2.05) is 61.2 Å². The maximum atomic E-state index is 12.8. The zero-order valence-electron chi connectivity index (χ0n) is 15.5. The van der Waals surface area contributed by atoms with E-state index in [1.165, 1.54) is 4.52 Å². The molecule has 0 aliphatic carbocycles. The van der Waals surface area contributed by atoms with Crippen LogP contribution in [0.25, 0.3) is 39.1 Å². The molecule has 7 heteroatoms. The first-order chi connectivity index (χ1) is 13.7. The maximum absolute atomic E-state index is 12.8. The highest BCUT2D eigenvalue weighted by atomic mass is 16.1. The Labute approximate surface area is 160 Å². The molecule has 138 valence electrons. The molecular formula is C21H18N6O. The Morgan fingerprint density at radius 2 is 2.04 bits per heavy atom. The third-order valence-electron chi connectivity index (χ3n) is 5.00. The van der Waals surface area contributed by atoms with Crippen LogP contribution in [0, 0.1) is 0 Å². The van der Waals surface area contributed by atoms with Gasteiger partial charge in [-0.15, -0.1) is 0 Å². The number of aryl methyl sites for hydroxylation is 2. The average molecular weight is 370 g/mol. The van der Waals surface area contributed by atoms with Gasteiger partial charge in [0.2, 0.25) is 0 Å². The smallest absolute Gasteiger partial charge is 0.274 e. The van der Waals surface area contributed by atoms with Gasteiger partial charge in [-0.1, -0.05) is 19.1 Å². The topological polar surface area (TPSA) is 80.9 Å². The number of pyridine rings is 1. The lowest BCUT2D eigenvalue weighted by Crippen LogP contribution is -2.14. The second kappa shape index (κ2) is 6.16. The van der Waals surface area contributed by atoms with E-state index >= 15 is 0 Å². The number of hydrogen-bond donors (Lipinski definition) is 1. The number of H-pyrrole nitrogens is 1. The first kappa shape index (κ1) is 16.4. The van der Waals surface area contributed by atoms with Crippen molar-refractivity contribution < 1.29 is 0 Å². The molecule has 28 heavy (non-hydrogen) atoms. The van der Waals surface area contributed by atoms with Gasteiger partial charge < -0.3 is 4.98 Å². The molecule has 0 unspecified atom stereocenters. The SMILES string of the molecule is CCc1nn2c(=O)cc(-c3ccc4c(cnn4C)c3)[nH]c2c1-c1ccccn1. The number of rotatable bonds is 3. The molecule has 0 spiro atoms. The largest absolute Gasteiger partial charge is 0.339 e. The van der Waals surface area contributed by atoms with Crippen LogP contribution >= 0.6 is 0 Å². The van der Waals surface area contributed by atoms with E-state index in [4.69, 9.17) is 0 Å². The Morgan fingerprint density at radius 3 is 2.82 bits per heavy atom. The fourth-order valence-electron chi connectivity index (χ4n) is 3.60. The molecule has 4 heterocycles. The minimum absolute atomic E-state index is 0.174. The quantitative estimate of drug-likeness (QED) is 0.529. The number of nitrogens with zero attached hydrogens (tertiary/aromatic N) is 5. The number of benzene rings is 1. The summed E-state index contributed by atoms with van der Waals surface area (Å²) in [6.07, 6.45) is 4.28. The summed E-state index contributed by atoms with van der Waals surface area (Å²) in [6.45, 7) is 2.02. The standard InChI is InChI=1S/C21H18N6O/c1-3-15-20(16-6-4-5-9-22-16)21-24-17(11-19(28)27(21)25-15)13-7-8-18-14(10-13)12-23-26(18)2/h4-12,24H,3H2,1-2H3. The molecule has 0 saturated heterocycles. The van der Waals surface area contributed by atoms with Crippen molar-refractivity contribution in [3.05, 3.63) is 70.9 Å². The summed E-state index contributed by atoms with van der Waals surface area (Å²) < 4.78 is 3.25. The Bertz CT molecular complexity index is 1380. The molecule has 0 bridgehead atoms. The molecule has 0 amide bonds. The number of nitrogens with one attached hydrogen (secondary N) is 1. The molecule has 0 aliphatic heterocycles.